The fourth-order valence-corrected chi connectivity index (χ4v) is 8.26. The van der Waals surface area contributed by atoms with Crippen LogP contribution in [-0.4, -0.2) is 121 Å². The Morgan fingerprint density at radius 2 is 1.69 bits per heavy atom. The Morgan fingerprint density at radius 3 is 2.37 bits per heavy atom. The van der Waals surface area contributed by atoms with Crippen LogP contribution in [0.5, 0.6) is 0 Å². The van der Waals surface area contributed by atoms with Crippen LogP contribution in [0.4, 0.5) is 15.3 Å². The molecule has 0 spiro atoms. The number of hydrogen-bond donors (Lipinski definition) is 6. The number of carbonyl (C=O) groups excluding carboxylic acids is 4. The van der Waals surface area contributed by atoms with Crippen molar-refractivity contribution in [3.8, 4) is 22.7 Å². The first-order chi connectivity index (χ1) is 30.9. The van der Waals surface area contributed by atoms with Gasteiger partial charge in [-0.15, -0.1) is 22.0 Å². The van der Waals surface area contributed by atoms with Crippen molar-refractivity contribution >= 4 is 61.4 Å². The molecule has 0 saturated heterocycles. The third-order valence-electron chi connectivity index (χ3n) is 10.0. The van der Waals surface area contributed by atoms with E-state index in [0.717, 1.165) is 22.9 Å². The summed E-state index contributed by atoms with van der Waals surface area (Å²) in [7, 11) is -1.50. The van der Waals surface area contributed by atoms with Crippen LogP contribution in [0.25, 0.3) is 22.7 Å². The van der Waals surface area contributed by atoms with Gasteiger partial charge in [-0.25, -0.2) is 19.1 Å². The summed E-state index contributed by atoms with van der Waals surface area (Å²) >= 11 is 0.728. The second-order valence-corrected chi connectivity index (χ2v) is 23.3. The molecule has 4 aromatic rings. The topological polar surface area (TPSA) is 290 Å². The van der Waals surface area contributed by atoms with Gasteiger partial charge in [0.2, 0.25) is 17.7 Å². The van der Waals surface area contributed by atoms with Crippen molar-refractivity contribution in [2.75, 3.05) is 30.8 Å². The van der Waals surface area contributed by atoms with Crippen LogP contribution in [0.2, 0.25) is 25.7 Å². The van der Waals surface area contributed by atoms with Gasteiger partial charge in [0.25, 0.3) is 11.4 Å². The first-order valence-electron chi connectivity index (χ1n) is 21.0. The van der Waals surface area contributed by atoms with Crippen LogP contribution < -0.4 is 26.8 Å². The van der Waals surface area contributed by atoms with E-state index in [1.165, 1.54) is 4.68 Å². The van der Waals surface area contributed by atoms with Crippen LogP contribution in [0.3, 0.4) is 0 Å². The van der Waals surface area contributed by atoms with Gasteiger partial charge in [-0.05, 0) is 54.3 Å². The highest BCUT2D eigenvalue weighted by atomic mass is 32.2. The number of anilines is 1. The Kier molecular flexibility index (Phi) is 17.7. The number of nitrogens with one attached hydrogen (secondary N) is 4. The number of aromatic nitrogens is 5. The number of benzene rings is 1. The summed E-state index contributed by atoms with van der Waals surface area (Å²) in [4.78, 5) is 93.1. The second kappa shape index (κ2) is 23.3. The first-order valence-corrected chi connectivity index (χ1v) is 25.8. The van der Waals surface area contributed by atoms with Gasteiger partial charge < -0.3 is 45.5 Å². The van der Waals surface area contributed by atoms with Crippen LogP contribution in [0, 0.1) is 6.92 Å². The van der Waals surface area contributed by atoms with E-state index in [0.29, 0.717) is 67.7 Å². The Bertz CT molecular complexity index is 2360. The van der Waals surface area contributed by atoms with Crippen molar-refractivity contribution in [3.05, 3.63) is 76.2 Å². The lowest BCUT2D eigenvalue weighted by Gasteiger charge is -2.19. The van der Waals surface area contributed by atoms with E-state index < -0.39 is 67.7 Å². The van der Waals surface area contributed by atoms with Crippen molar-refractivity contribution in [3.63, 3.8) is 0 Å². The highest BCUT2D eigenvalue weighted by Gasteiger charge is 2.28. The van der Waals surface area contributed by atoms with Gasteiger partial charge in [0.15, 0.2) is 0 Å². The average molecular weight is 935 g/mol. The number of carbonyl (C=O) groups is 6. The lowest BCUT2D eigenvalue weighted by Crippen LogP contribution is -2.45. The smallest absolute Gasteiger partial charge is 0.407 e. The molecular formula is C42H54N10O11SSi. The third kappa shape index (κ3) is 15.5. The number of nitrogens with zero attached hydrogens (tertiary/aromatic N) is 6. The summed E-state index contributed by atoms with van der Waals surface area (Å²) in [6, 6.07) is 9.58. The molecule has 4 heterocycles. The molecule has 1 aliphatic heterocycles. The third-order valence-corrected chi connectivity index (χ3v) is 13.0. The summed E-state index contributed by atoms with van der Waals surface area (Å²) in [6.45, 7) is 9.12. The number of aliphatic carboxylic acids is 2. The Balaban J connectivity index is 1.06. The number of hydrogen-bond acceptors (Lipinski definition) is 14. The molecule has 348 valence electrons. The van der Waals surface area contributed by atoms with Crippen molar-refractivity contribution in [2.24, 2.45) is 0 Å². The van der Waals surface area contributed by atoms with Crippen molar-refractivity contribution < 1.29 is 48.1 Å². The molecule has 0 radical (unpaired) electrons. The first kappa shape index (κ1) is 49.4. The molecule has 21 nitrogen and oxygen atoms in total. The number of amides is 5. The maximum absolute atomic E-state index is 13.5. The number of rotatable bonds is 23. The van der Waals surface area contributed by atoms with Crippen LogP contribution in [-0.2, 0) is 43.5 Å². The van der Waals surface area contributed by atoms with E-state index in [1.54, 1.807) is 54.5 Å². The van der Waals surface area contributed by atoms with Gasteiger partial charge in [-0.1, -0.05) is 44.6 Å². The molecule has 0 bridgehead atoms. The zero-order chi connectivity index (χ0) is 47.1. The normalized spacial score (nSPS) is 13.0. The predicted octanol–water partition coefficient (Wildman–Crippen LogP) is 4.10. The number of thioether (sulfide) groups is 1. The highest BCUT2D eigenvalue weighted by Crippen LogP contribution is 2.26. The quantitative estimate of drug-likeness (QED) is 0.0451. The van der Waals surface area contributed by atoms with Gasteiger partial charge in [0, 0.05) is 70.6 Å². The number of carboxylic acid groups (broad SMARTS) is 2. The minimum absolute atomic E-state index is 0.0601. The van der Waals surface area contributed by atoms with Crippen LogP contribution >= 0.6 is 11.8 Å². The maximum atomic E-state index is 13.5. The molecule has 23 heteroatoms. The predicted molar refractivity (Wildman–Crippen MR) is 242 cm³/mol. The molecular weight excluding hydrogens is 881 g/mol. The summed E-state index contributed by atoms with van der Waals surface area (Å²) in [5.74, 6) is -3.94. The Morgan fingerprint density at radius 1 is 0.954 bits per heavy atom. The minimum Gasteiger partial charge on any atom is -0.481 e. The molecule has 2 atom stereocenters. The largest absolute Gasteiger partial charge is 0.481 e. The van der Waals surface area contributed by atoms with Crippen molar-refractivity contribution in [1.29, 1.82) is 0 Å². The molecule has 65 heavy (non-hydrogen) atoms. The van der Waals surface area contributed by atoms with Gasteiger partial charge in [0.05, 0.1) is 30.5 Å². The molecule has 0 aliphatic carbocycles. The summed E-state index contributed by atoms with van der Waals surface area (Å²) in [6.07, 6.45) is 4.43. The number of pyridine rings is 1. The summed E-state index contributed by atoms with van der Waals surface area (Å²) in [5, 5.41) is 40.5. The SMILES string of the molecule is Cc1nnc(-c2cc(-c3ccc(NC(=O)N4Cc5ccncc5C4)cc3)nn(CCCCCCNC(=O)CNC(=O)C(CC(=O)O)SC[C@H](NC(=O)OCC[Si](C)(C)C)C(=O)O)c2=O)o1. The van der Waals surface area contributed by atoms with Gasteiger partial charge in [0.1, 0.15) is 11.6 Å². The second-order valence-electron chi connectivity index (χ2n) is 16.5. The Hall–Kier alpha value is -6.62. The number of ether oxygens (including phenoxy) is 1. The lowest BCUT2D eigenvalue weighted by atomic mass is 10.1. The zero-order valence-corrected chi connectivity index (χ0v) is 38.4. The average Bonchev–Trinajstić information content (AvgIpc) is 3.90. The van der Waals surface area contributed by atoms with E-state index in [9.17, 15) is 43.8 Å². The number of fused-ring (bicyclic) bond motifs is 1. The number of alkyl carbamates (subject to hydrolysis) is 1. The van der Waals surface area contributed by atoms with Crippen LogP contribution in [0.1, 0.15) is 49.1 Å². The summed E-state index contributed by atoms with van der Waals surface area (Å²) in [5.41, 5.74) is 3.59. The number of aryl methyl sites for hydroxylation is 2. The van der Waals surface area contributed by atoms with Crippen LogP contribution in [0.15, 0.2) is 58.0 Å². The van der Waals surface area contributed by atoms with E-state index in [4.69, 9.17) is 9.15 Å². The zero-order valence-electron chi connectivity index (χ0n) is 36.6. The fourth-order valence-electron chi connectivity index (χ4n) is 6.40. The molecule has 1 aromatic carbocycles. The molecule has 5 amide bonds. The molecule has 6 N–H and O–H groups in total. The summed E-state index contributed by atoms with van der Waals surface area (Å²) < 4.78 is 12.0. The fraction of sp³-hybridized carbons (Fsp3) is 0.452. The molecule has 5 rings (SSSR count). The van der Waals surface area contributed by atoms with E-state index in [1.807, 2.05) is 6.07 Å². The van der Waals surface area contributed by atoms with E-state index in [2.05, 4.69) is 61.2 Å². The molecule has 1 unspecified atom stereocenters. The lowest BCUT2D eigenvalue weighted by molar-refractivity contribution is -0.139. The molecule has 3 aromatic heterocycles. The van der Waals surface area contributed by atoms with Gasteiger partial charge in [-0.2, -0.15) is 5.10 Å². The Labute approximate surface area is 379 Å². The standard InChI is InChI=1S/C42H54N10O11SSi/c1-26-48-49-38(63-26)31-19-32(27-9-11-30(12-10-27)46-41(60)51-23-28-13-15-43-21-29(28)24-51)50-52(39(31)57)16-8-6-5-7-14-44-35(53)22-45-37(56)34(20-36(54)55)64-25-33(40(58)59)47-42(61)62-17-18-65(2,3)4/h9-13,15,19,21,33-34H,5-8,14,16-18,20,22-25H2,1-4H3,(H,44,53)(H,45,56)(H,46,60)(H,47,61)(H,54,55)(H,58,59)/t33-,34?/m0/s1. The van der Waals surface area contributed by atoms with E-state index >= 15 is 0 Å². The number of urea groups is 1. The highest BCUT2D eigenvalue weighted by molar-refractivity contribution is 8.00. The number of unbranched alkanes of at least 4 members (excludes halogenated alkanes) is 3. The van der Waals surface area contributed by atoms with E-state index in [-0.39, 0.29) is 42.9 Å². The minimum atomic E-state index is -1.50. The molecule has 0 saturated carbocycles. The van der Waals surface area contributed by atoms with Gasteiger partial charge >= 0.3 is 24.1 Å². The van der Waals surface area contributed by atoms with Gasteiger partial charge in [-0.3, -0.25) is 24.2 Å². The number of carboxylic acids is 2. The molecule has 1 aliphatic rings. The monoisotopic (exact) mass is 934 g/mol. The van der Waals surface area contributed by atoms with Crippen molar-refractivity contribution in [1.82, 2.24) is 45.8 Å². The maximum Gasteiger partial charge on any atom is 0.407 e. The van der Waals surface area contributed by atoms with Crippen molar-refractivity contribution in [2.45, 2.75) is 95.6 Å². The molecule has 0 fully saturated rings.